The molecule has 0 aromatic heterocycles. The smallest absolute Gasteiger partial charge is 0.332 e. The number of carbonyl (C=O) groups is 1. The van der Waals surface area contributed by atoms with E-state index in [0.717, 1.165) is 6.08 Å². The van der Waals surface area contributed by atoms with Crippen LogP contribution in [0.1, 0.15) is 26.2 Å². The van der Waals surface area contributed by atoms with Gasteiger partial charge in [-0.25, -0.2) is 13.2 Å². The minimum Gasteiger partial charge on any atom is -0.478 e. The number of carboxylic acids is 1. The molecular weight excluding hydrogens is 529 g/mol. The van der Waals surface area contributed by atoms with E-state index in [1.165, 1.54) is 0 Å². The van der Waals surface area contributed by atoms with E-state index in [1.54, 1.807) is 31.2 Å². The number of ether oxygens (including phenoxy) is 2. The van der Waals surface area contributed by atoms with E-state index in [-0.39, 0.29) is 18.4 Å². The number of aliphatic hydroxyl groups excluding tert-OH is 2. The lowest BCUT2D eigenvalue weighted by Gasteiger charge is -2.34. The van der Waals surface area contributed by atoms with Crippen LogP contribution in [0.3, 0.4) is 0 Å². The molecule has 4 atom stereocenters. The molecule has 9 nitrogen and oxygen atoms in total. The van der Waals surface area contributed by atoms with Gasteiger partial charge in [-0.15, -0.1) is 0 Å². The molecule has 2 unspecified atom stereocenters. The van der Waals surface area contributed by atoms with Gasteiger partial charge >= 0.3 is 5.97 Å². The van der Waals surface area contributed by atoms with Crippen LogP contribution in [0, 0.1) is 3.57 Å². The molecule has 0 bridgehead atoms. The Labute approximate surface area is 188 Å². The molecular formula is C19H24INO8S. The summed E-state index contributed by atoms with van der Waals surface area (Å²) in [6, 6.07) is 6.77. The Morgan fingerprint density at radius 2 is 2.03 bits per heavy atom. The summed E-state index contributed by atoms with van der Waals surface area (Å²) in [7, 11) is -4.07. The SMILES string of the molecule is CC[C@]1(CO)OC2(C=C(C(=O)O)C(S(=O)(=O)Nc3ccccc3I)CC2)O[C@@H]1CO. The Kier molecular flexibility index (Phi) is 6.80. The molecule has 1 aliphatic heterocycles. The van der Waals surface area contributed by atoms with Gasteiger partial charge in [0.2, 0.25) is 10.0 Å². The van der Waals surface area contributed by atoms with E-state index in [1.807, 2.05) is 22.6 Å². The van der Waals surface area contributed by atoms with E-state index in [2.05, 4.69) is 4.72 Å². The minimum absolute atomic E-state index is 0.0550. The van der Waals surface area contributed by atoms with Crippen LogP contribution in [0.15, 0.2) is 35.9 Å². The second-order valence-corrected chi connectivity index (χ2v) is 10.4. The average Bonchev–Trinajstić information content (AvgIpc) is 3.03. The number of carboxylic acid groups (broad SMARTS) is 1. The molecule has 11 heteroatoms. The molecule has 1 spiro atoms. The summed E-state index contributed by atoms with van der Waals surface area (Å²) in [5, 5.41) is 27.9. The molecule has 1 saturated heterocycles. The van der Waals surface area contributed by atoms with Gasteiger partial charge in [0.15, 0.2) is 5.79 Å². The Bertz CT molecular complexity index is 946. The predicted octanol–water partition coefficient (Wildman–Crippen LogP) is 1.45. The van der Waals surface area contributed by atoms with Crippen LogP contribution in [0.25, 0.3) is 0 Å². The zero-order valence-electron chi connectivity index (χ0n) is 16.2. The fourth-order valence-corrected chi connectivity index (χ4v) is 6.15. The van der Waals surface area contributed by atoms with E-state index >= 15 is 0 Å². The molecule has 0 radical (unpaired) electrons. The first-order valence-corrected chi connectivity index (χ1v) is 12.1. The lowest BCUT2D eigenvalue weighted by atomic mass is 9.93. The van der Waals surface area contributed by atoms with Crippen LogP contribution >= 0.6 is 22.6 Å². The normalized spacial score (nSPS) is 31.5. The topological polar surface area (TPSA) is 142 Å². The van der Waals surface area contributed by atoms with Crippen LogP contribution in [-0.2, 0) is 24.3 Å². The van der Waals surface area contributed by atoms with Gasteiger partial charge < -0.3 is 24.8 Å². The number of hydrogen-bond donors (Lipinski definition) is 4. The average molecular weight is 553 g/mol. The van der Waals surface area contributed by atoms with Crippen molar-refractivity contribution >= 4 is 44.3 Å². The fourth-order valence-electron chi connectivity index (χ4n) is 3.88. The highest BCUT2D eigenvalue weighted by Gasteiger charge is 2.57. The Balaban J connectivity index is 1.96. The number of hydrogen-bond acceptors (Lipinski definition) is 7. The van der Waals surface area contributed by atoms with E-state index < -0.39 is 51.9 Å². The van der Waals surface area contributed by atoms with Crippen molar-refractivity contribution in [1.82, 2.24) is 0 Å². The van der Waals surface area contributed by atoms with Gasteiger partial charge in [-0.2, -0.15) is 0 Å². The zero-order valence-corrected chi connectivity index (χ0v) is 19.2. The van der Waals surface area contributed by atoms with Crippen molar-refractivity contribution < 1.29 is 38.0 Å². The second kappa shape index (κ2) is 8.71. The number of halogens is 1. The largest absolute Gasteiger partial charge is 0.478 e. The number of rotatable bonds is 7. The molecule has 30 heavy (non-hydrogen) atoms. The van der Waals surface area contributed by atoms with Gasteiger partial charge in [0, 0.05) is 9.99 Å². The number of sulfonamides is 1. The fraction of sp³-hybridized carbons (Fsp3) is 0.526. The third kappa shape index (κ3) is 4.23. The third-order valence-corrected chi connectivity index (χ3v) is 8.25. The van der Waals surface area contributed by atoms with Crippen molar-refractivity contribution in [2.24, 2.45) is 0 Å². The number of benzene rings is 1. The Hall–Kier alpha value is -1.25. The van der Waals surface area contributed by atoms with E-state index in [0.29, 0.717) is 15.7 Å². The molecule has 1 heterocycles. The molecule has 0 amide bonds. The lowest BCUT2D eigenvalue weighted by Crippen LogP contribution is -2.46. The maximum Gasteiger partial charge on any atom is 0.332 e. The molecule has 1 aromatic carbocycles. The second-order valence-electron chi connectivity index (χ2n) is 7.34. The van der Waals surface area contributed by atoms with Crippen molar-refractivity contribution in [1.29, 1.82) is 0 Å². The first-order chi connectivity index (χ1) is 14.1. The Morgan fingerprint density at radius 3 is 2.57 bits per heavy atom. The molecule has 3 rings (SSSR count). The highest BCUT2D eigenvalue weighted by Crippen LogP contribution is 2.46. The first-order valence-electron chi connectivity index (χ1n) is 9.44. The van der Waals surface area contributed by atoms with Crippen molar-refractivity contribution in [2.75, 3.05) is 17.9 Å². The minimum atomic E-state index is -4.07. The number of anilines is 1. The van der Waals surface area contributed by atoms with Crippen LogP contribution in [0.5, 0.6) is 0 Å². The van der Waals surface area contributed by atoms with Crippen molar-refractivity contribution in [3.05, 3.63) is 39.5 Å². The lowest BCUT2D eigenvalue weighted by molar-refractivity contribution is -0.171. The number of aliphatic hydroxyl groups is 2. The highest BCUT2D eigenvalue weighted by molar-refractivity contribution is 14.1. The standard InChI is InChI=1S/C19H24INO8S/c1-2-18(11-23)16(10-22)28-19(29-18)8-7-15(12(9-19)17(24)25)30(26,27)21-14-6-4-3-5-13(14)20/h3-6,9,15-16,21-23H,2,7-8,10-11H2,1H3,(H,24,25)/t15?,16-,18-,19?/m1/s1. The van der Waals surface area contributed by atoms with Crippen LogP contribution in [0.2, 0.25) is 0 Å². The summed E-state index contributed by atoms with van der Waals surface area (Å²) in [5.74, 6) is -2.93. The quantitative estimate of drug-likeness (QED) is 0.372. The third-order valence-electron chi connectivity index (χ3n) is 5.56. The summed E-state index contributed by atoms with van der Waals surface area (Å²) >= 11 is 1.99. The summed E-state index contributed by atoms with van der Waals surface area (Å²) in [6.07, 6.45) is 0.604. The summed E-state index contributed by atoms with van der Waals surface area (Å²) < 4.78 is 41.0. The van der Waals surface area contributed by atoms with Crippen molar-refractivity contribution in [3.63, 3.8) is 0 Å². The maximum atomic E-state index is 13.0. The molecule has 166 valence electrons. The van der Waals surface area contributed by atoms with Gasteiger partial charge in [0.1, 0.15) is 17.0 Å². The van der Waals surface area contributed by atoms with Gasteiger partial charge in [-0.05, 0) is 53.6 Å². The number of para-hydroxylation sites is 1. The highest BCUT2D eigenvalue weighted by atomic mass is 127. The van der Waals surface area contributed by atoms with Gasteiger partial charge in [-0.3, -0.25) is 4.72 Å². The summed E-state index contributed by atoms with van der Waals surface area (Å²) in [6.45, 7) is 0.898. The molecule has 1 aliphatic carbocycles. The van der Waals surface area contributed by atoms with Gasteiger partial charge in [-0.1, -0.05) is 19.1 Å². The predicted molar refractivity (Wildman–Crippen MR) is 116 cm³/mol. The van der Waals surface area contributed by atoms with Crippen LogP contribution in [0.4, 0.5) is 5.69 Å². The van der Waals surface area contributed by atoms with E-state index in [9.17, 15) is 28.5 Å². The molecule has 1 fully saturated rings. The first kappa shape index (κ1) is 23.4. The van der Waals surface area contributed by atoms with Crippen molar-refractivity contribution in [2.45, 2.75) is 48.9 Å². The van der Waals surface area contributed by atoms with Gasteiger partial charge in [0.05, 0.1) is 24.5 Å². The van der Waals surface area contributed by atoms with Crippen LogP contribution < -0.4 is 4.72 Å². The zero-order chi connectivity index (χ0) is 22.2. The van der Waals surface area contributed by atoms with Gasteiger partial charge in [0.25, 0.3) is 0 Å². The van der Waals surface area contributed by atoms with Crippen LogP contribution in [-0.4, -0.2) is 65.7 Å². The number of aliphatic carboxylic acids is 1. The number of nitrogens with one attached hydrogen (secondary N) is 1. The molecule has 0 saturated carbocycles. The summed E-state index contributed by atoms with van der Waals surface area (Å²) in [5.41, 5.74) is -1.21. The Morgan fingerprint density at radius 1 is 1.33 bits per heavy atom. The molecule has 2 aliphatic rings. The van der Waals surface area contributed by atoms with Crippen molar-refractivity contribution in [3.8, 4) is 0 Å². The van der Waals surface area contributed by atoms with E-state index in [4.69, 9.17) is 9.47 Å². The molecule has 1 aromatic rings. The molecule has 4 N–H and O–H groups in total. The monoisotopic (exact) mass is 553 g/mol. The maximum absolute atomic E-state index is 13.0. The summed E-state index contributed by atoms with van der Waals surface area (Å²) in [4.78, 5) is 12.0.